The Morgan fingerprint density at radius 2 is 1.56 bits per heavy atom. The number of fused-ring (bicyclic) bond motifs is 3. The van der Waals surface area contributed by atoms with E-state index in [0.717, 1.165) is 41.8 Å². The molecule has 0 aliphatic heterocycles. The van der Waals surface area contributed by atoms with Gasteiger partial charge in [0, 0.05) is 22.9 Å². The molecule has 0 spiro atoms. The van der Waals surface area contributed by atoms with Crippen molar-refractivity contribution >= 4 is 39.2 Å². The van der Waals surface area contributed by atoms with Gasteiger partial charge in [0.2, 0.25) is 0 Å². The van der Waals surface area contributed by atoms with Crippen molar-refractivity contribution in [2.45, 2.75) is 64.7 Å². The van der Waals surface area contributed by atoms with Crippen LogP contribution in [0.15, 0.2) is 66.7 Å². The largest absolute Gasteiger partial charge is 0.491 e. The molecule has 1 aliphatic rings. The summed E-state index contributed by atoms with van der Waals surface area (Å²) in [5.74, 6) is -0.521. The molecule has 1 atom stereocenters. The minimum atomic E-state index is -0.959. The third-order valence-corrected chi connectivity index (χ3v) is 8.00. The van der Waals surface area contributed by atoms with Gasteiger partial charge in [-0.3, -0.25) is 14.4 Å². The number of ketones is 2. The predicted molar refractivity (Wildman–Crippen MR) is 161 cm³/mol. The molecule has 6 heteroatoms. The molecule has 212 valence electrons. The van der Waals surface area contributed by atoms with Gasteiger partial charge in [0.15, 0.2) is 11.6 Å². The molecule has 4 aromatic rings. The molecule has 1 aliphatic carbocycles. The van der Waals surface area contributed by atoms with Crippen LogP contribution in [0.25, 0.3) is 21.7 Å². The highest BCUT2D eigenvalue weighted by molar-refractivity contribution is 6.30. The van der Waals surface area contributed by atoms with Crippen LogP contribution in [0.1, 0.15) is 91.1 Å². The lowest BCUT2D eigenvalue weighted by atomic mass is 9.98. The number of aromatic nitrogens is 1. The second-order valence-corrected chi connectivity index (χ2v) is 10.9. The number of ether oxygens (including phenoxy) is 2. The van der Waals surface area contributed by atoms with Gasteiger partial charge >= 0.3 is 5.97 Å². The second-order valence-electron chi connectivity index (χ2n) is 10.9. The minimum Gasteiger partial charge on any atom is -0.491 e. The molecule has 1 unspecified atom stereocenters. The smallest absolute Gasteiger partial charge is 0.305 e. The Morgan fingerprint density at radius 1 is 0.854 bits per heavy atom. The summed E-state index contributed by atoms with van der Waals surface area (Å²) in [4.78, 5) is 43.7. The number of hydrogen-bond donors (Lipinski definition) is 0. The van der Waals surface area contributed by atoms with E-state index in [0.29, 0.717) is 66.5 Å². The molecule has 0 saturated carbocycles. The Hall–Kier alpha value is -4.06. The van der Waals surface area contributed by atoms with Crippen LogP contribution in [0.4, 0.5) is 0 Å². The molecular formula is C35H37NO5. The number of rotatable bonds is 13. The van der Waals surface area contributed by atoms with Gasteiger partial charge in [0.05, 0.1) is 18.9 Å². The number of carbonyl (C=O) groups excluding carboxylic acids is 3. The van der Waals surface area contributed by atoms with Crippen LogP contribution in [0.2, 0.25) is 0 Å². The Balaban J connectivity index is 1.21. The number of Topliss-reactive ketones (excluding diaryl/α,β-unsaturated/α-hetero) is 2. The van der Waals surface area contributed by atoms with Crippen molar-refractivity contribution in [3.05, 3.63) is 83.6 Å². The Labute approximate surface area is 241 Å². The van der Waals surface area contributed by atoms with Crippen LogP contribution in [0.3, 0.4) is 0 Å². The monoisotopic (exact) mass is 551 g/mol. The maximum atomic E-state index is 13.4. The number of pyridine rings is 1. The van der Waals surface area contributed by atoms with Gasteiger partial charge < -0.3 is 9.47 Å². The van der Waals surface area contributed by atoms with E-state index in [1.165, 1.54) is 0 Å². The van der Waals surface area contributed by atoms with Gasteiger partial charge in [-0.05, 0) is 60.2 Å². The van der Waals surface area contributed by atoms with Gasteiger partial charge in [0.1, 0.15) is 17.2 Å². The molecule has 6 nitrogen and oxygen atoms in total. The first-order chi connectivity index (χ1) is 20.0. The van der Waals surface area contributed by atoms with E-state index in [9.17, 15) is 14.4 Å². The van der Waals surface area contributed by atoms with Gasteiger partial charge in [-0.15, -0.1) is 0 Å². The maximum Gasteiger partial charge on any atom is 0.305 e. The van der Waals surface area contributed by atoms with Crippen LogP contribution in [-0.4, -0.2) is 35.7 Å². The summed E-state index contributed by atoms with van der Waals surface area (Å²) in [7, 11) is 0. The molecular weight excluding hydrogens is 514 g/mol. The normalized spacial score (nSPS) is 14.0. The maximum absolute atomic E-state index is 13.4. The Morgan fingerprint density at radius 3 is 2.24 bits per heavy atom. The average molecular weight is 552 g/mol. The number of esters is 1. The summed E-state index contributed by atoms with van der Waals surface area (Å²) in [6, 6.07) is 20.6. The van der Waals surface area contributed by atoms with E-state index >= 15 is 0 Å². The molecule has 3 aromatic carbocycles. The lowest BCUT2D eigenvalue weighted by Gasteiger charge is -2.14. The molecule has 0 fully saturated rings. The number of nitrogens with zero attached hydrogens (tertiary/aromatic N) is 1. The van der Waals surface area contributed by atoms with Gasteiger partial charge in [-0.25, -0.2) is 4.98 Å². The van der Waals surface area contributed by atoms with E-state index in [1.54, 1.807) is 6.07 Å². The lowest BCUT2D eigenvalue weighted by molar-refractivity contribution is -0.145. The molecule has 5 rings (SSSR count). The fourth-order valence-electron chi connectivity index (χ4n) is 5.49. The second kappa shape index (κ2) is 13.1. The number of carbonyl (C=O) groups is 3. The average Bonchev–Trinajstić information content (AvgIpc) is 3.24. The van der Waals surface area contributed by atoms with E-state index in [1.807, 2.05) is 60.7 Å². The number of para-hydroxylation sites is 1. The number of benzene rings is 3. The quantitative estimate of drug-likeness (QED) is 0.0956. The Kier molecular flexibility index (Phi) is 9.07. The fourth-order valence-corrected chi connectivity index (χ4v) is 5.49. The Bertz CT molecular complexity index is 1520. The molecule has 0 N–H and O–H groups in total. The topological polar surface area (TPSA) is 82.6 Å². The van der Waals surface area contributed by atoms with E-state index in [-0.39, 0.29) is 17.5 Å². The first-order valence-electron chi connectivity index (χ1n) is 14.8. The standard InChI is InChI=1S/C35H37NO5/c1-3-5-11-23(4-2)22-41-31(37)16-8-9-19-40-30-15-10-14-24-17-18-29(36-33(24)30)32-34(38)27-20-25-12-6-7-13-26(25)21-28(27)35(32)39/h6-7,10,12-15,17-18,20-21,23,32H,3-5,8-9,11,16,19,22H2,1-2H3. The summed E-state index contributed by atoms with van der Waals surface area (Å²) in [5, 5.41) is 2.73. The summed E-state index contributed by atoms with van der Waals surface area (Å²) < 4.78 is 11.6. The zero-order valence-electron chi connectivity index (χ0n) is 23.9. The predicted octanol–water partition coefficient (Wildman–Crippen LogP) is 7.86. The van der Waals surface area contributed by atoms with Crippen molar-refractivity contribution in [1.82, 2.24) is 4.98 Å². The third-order valence-electron chi connectivity index (χ3n) is 8.00. The minimum absolute atomic E-state index is 0.156. The molecule has 0 radical (unpaired) electrons. The summed E-state index contributed by atoms with van der Waals surface area (Å²) in [6.07, 6.45) is 6.17. The van der Waals surface area contributed by atoms with Gasteiger partial charge in [0.25, 0.3) is 0 Å². The zero-order chi connectivity index (χ0) is 28.8. The number of unbranched alkanes of at least 4 members (excludes halogenated alkanes) is 2. The highest BCUT2D eigenvalue weighted by Crippen LogP contribution is 2.37. The molecule has 1 heterocycles. The van der Waals surface area contributed by atoms with Crippen molar-refractivity contribution < 1.29 is 23.9 Å². The van der Waals surface area contributed by atoms with Crippen molar-refractivity contribution in [1.29, 1.82) is 0 Å². The molecule has 0 bridgehead atoms. The van der Waals surface area contributed by atoms with E-state index in [4.69, 9.17) is 14.5 Å². The summed E-state index contributed by atoms with van der Waals surface area (Å²) in [6.45, 7) is 5.24. The molecule has 0 saturated heterocycles. The third kappa shape index (κ3) is 6.32. The van der Waals surface area contributed by atoms with Gasteiger partial charge in [-0.2, -0.15) is 0 Å². The molecule has 0 amide bonds. The first-order valence-corrected chi connectivity index (χ1v) is 14.8. The van der Waals surface area contributed by atoms with Crippen LogP contribution in [0.5, 0.6) is 5.75 Å². The summed E-state index contributed by atoms with van der Waals surface area (Å²) >= 11 is 0. The van der Waals surface area contributed by atoms with E-state index < -0.39 is 5.92 Å². The first kappa shape index (κ1) is 28.5. The lowest BCUT2D eigenvalue weighted by Crippen LogP contribution is -2.14. The zero-order valence-corrected chi connectivity index (χ0v) is 23.9. The van der Waals surface area contributed by atoms with E-state index in [2.05, 4.69) is 13.8 Å². The van der Waals surface area contributed by atoms with Crippen molar-refractivity contribution in [3.63, 3.8) is 0 Å². The highest BCUT2D eigenvalue weighted by atomic mass is 16.5. The molecule has 1 aromatic heterocycles. The van der Waals surface area contributed by atoms with Crippen molar-refractivity contribution in [3.8, 4) is 5.75 Å². The molecule has 41 heavy (non-hydrogen) atoms. The van der Waals surface area contributed by atoms with Crippen molar-refractivity contribution in [2.75, 3.05) is 13.2 Å². The SMILES string of the molecule is CCCCC(CC)COC(=O)CCCCOc1cccc2ccc(C3C(=O)c4cc5ccccc5cc4C3=O)nc12. The number of hydrogen-bond acceptors (Lipinski definition) is 6. The van der Waals surface area contributed by atoms with Crippen LogP contribution < -0.4 is 4.74 Å². The van der Waals surface area contributed by atoms with Crippen LogP contribution in [-0.2, 0) is 9.53 Å². The fraction of sp³-hybridized carbons (Fsp3) is 0.371. The van der Waals surface area contributed by atoms with Crippen LogP contribution in [0, 0.1) is 5.92 Å². The van der Waals surface area contributed by atoms with Crippen LogP contribution >= 0.6 is 0 Å². The van der Waals surface area contributed by atoms with Crippen molar-refractivity contribution in [2.24, 2.45) is 5.92 Å². The van der Waals surface area contributed by atoms with Gasteiger partial charge in [-0.1, -0.05) is 75.6 Å². The highest BCUT2D eigenvalue weighted by Gasteiger charge is 2.40. The summed E-state index contributed by atoms with van der Waals surface area (Å²) in [5.41, 5.74) is 1.95.